The third kappa shape index (κ3) is 5.22. The van der Waals surface area contributed by atoms with E-state index in [0.717, 1.165) is 5.56 Å². The molecule has 0 bridgehead atoms. The second kappa shape index (κ2) is 9.59. The molecule has 28 heavy (non-hydrogen) atoms. The van der Waals surface area contributed by atoms with E-state index >= 15 is 0 Å². The highest BCUT2D eigenvalue weighted by atomic mass is 16.6. The molecule has 0 saturated carbocycles. The molecular formula is C19H18N4O5. The first-order valence-electron chi connectivity index (χ1n) is 8.09. The first-order valence-corrected chi connectivity index (χ1v) is 8.09. The Morgan fingerprint density at radius 3 is 2.50 bits per heavy atom. The predicted molar refractivity (Wildman–Crippen MR) is 102 cm³/mol. The van der Waals surface area contributed by atoms with E-state index in [1.807, 2.05) is 0 Å². The van der Waals surface area contributed by atoms with Crippen molar-refractivity contribution in [2.75, 3.05) is 19.5 Å². The Labute approximate surface area is 161 Å². The van der Waals surface area contributed by atoms with Gasteiger partial charge >= 0.3 is 0 Å². The number of hydrogen-bond acceptors (Lipinski definition) is 7. The van der Waals surface area contributed by atoms with Gasteiger partial charge in [-0.3, -0.25) is 14.9 Å². The number of nitro benzene ring substituents is 1. The summed E-state index contributed by atoms with van der Waals surface area (Å²) in [7, 11) is 2.97. The number of benzene rings is 2. The third-order valence-corrected chi connectivity index (χ3v) is 3.74. The molecule has 9 nitrogen and oxygen atoms in total. The highest BCUT2D eigenvalue weighted by molar-refractivity contribution is 5.97. The summed E-state index contributed by atoms with van der Waals surface area (Å²) >= 11 is 0. The summed E-state index contributed by atoms with van der Waals surface area (Å²) in [4.78, 5) is 22.6. The molecule has 0 aliphatic rings. The normalized spacial score (nSPS) is 10.5. The molecule has 2 N–H and O–H groups in total. The number of non-ortho nitro benzene ring substituents is 1. The van der Waals surface area contributed by atoms with Gasteiger partial charge in [-0.15, -0.1) is 0 Å². The summed E-state index contributed by atoms with van der Waals surface area (Å²) < 4.78 is 10.2. The molecule has 0 heterocycles. The van der Waals surface area contributed by atoms with Crippen LogP contribution in [0, 0.1) is 21.4 Å². The van der Waals surface area contributed by atoms with Gasteiger partial charge in [0.15, 0.2) is 0 Å². The smallest absolute Gasteiger partial charge is 0.271 e. The molecule has 2 aromatic rings. The van der Waals surface area contributed by atoms with E-state index in [1.54, 1.807) is 37.4 Å². The lowest BCUT2D eigenvalue weighted by molar-refractivity contribution is -0.384. The number of nitro groups is 1. The van der Waals surface area contributed by atoms with E-state index in [2.05, 4.69) is 10.6 Å². The Bertz CT molecular complexity index is 932. The van der Waals surface area contributed by atoms with Crippen LogP contribution in [0.2, 0.25) is 0 Å². The summed E-state index contributed by atoms with van der Waals surface area (Å²) in [5.74, 6) is 0.441. The number of amides is 1. The molecule has 9 heteroatoms. The maximum absolute atomic E-state index is 12.2. The first-order chi connectivity index (χ1) is 13.5. The fourth-order valence-electron chi connectivity index (χ4n) is 2.24. The van der Waals surface area contributed by atoms with Gasteiger partial charge in [0.05, 0.1) is 24.8 Å². The lowest BCUT2D eigenvalue weighted by Crippen LogP contribution is -2.24. The third-order valence-electron chi connectivity index (χ3n) is 3.74. The van der Waals surface area contributed by atoms with Crippen molar-refractivity contribution in [1.82, 2.24) is 5.32 Å². The Kier molecular flexibility index (Phi) is 6.93. The second-order valence-electron chi connectivity index (χ2n) is 5.49. The van der Waals surface area contributed by atoms with Crippen molar-refractivity contribution < 1.29 is 19.2 Å². The van der Waals surface area contributed by atoms with Crippen molar-refractivity contribution in [2.24, 2.45) is 0 Å². The summed E-state index contributed by atoms with van der Waals surface area (Å²) in [6.07, 6.45) is 1.17. The number of nitriles is 1. The van der Waals surface area contributed by atoms with Gasteiger partial charge in [0.25, 0.3) is 11.6 Å². The molecule has 0 aliphatic carbocycles. The molecule has 1 amide bonds. The van der Waals surface area contributed by atoms with E-state index in [9.17, 15) is 20.2 Å². The fourth-order valence-corrected chi connectivity index (χ4v) is 2.24. The van der Waals surface area contributed by atoms with Gasteiger partial charge in [-0.25, -0.2) is 0 Å². The Hall–Kier alpha value is -4.06. The summed E-state index contributed by atoms with van der Waals surface area (Å²) in [6.45, 7) is 0.224. The quantitative estimate of drug-likeness (QED) is 0.311. The number of rotatable bonds is 8. The van der Waals surface area contributed by atoms with Gasteiger partial charge in [-0.2, -0.15) is 5.26 Å². The lowest BCUT2D eigenvalue weighted by Gasteiger charge is -2.09. The molecule has 0 saturated heterocycles. The zero-order chi connectivity index (χ0) is 20.5. The average Bonchev–Trinajstić information content (AvgIpc) is 2.72. The molecule has 0 atom stereocenters. The fraction of sp³-hybridized carbons (Fsp3) is 0.158. The SMILES string of the molecule is COc1ccc(CNC(=O)/C(C#N)=C\Nc2cc([N+](=O)[O-])ccc2OC)cc1. The second-order valence-corrected chi connectivity index (χ2v) is 5.49. The minimum atomic E-state index is -0.588. The Balaban J connectivity index is 2.08. The van der Waals surface area contributed by atoms with Crippen molar-refractivity contribution >= 4 is 17.3 Å². The standard InChI is InChI=1S/C19H18N4O5/c1-27-16-6-3-13(4-7-16)11-22-19(24)14(10-20)12-21-17-9-15(23(25)26)5-8-18(17)28-2/h3-9,12,21H,11H2,1-2H3,(H,22,24)/b14-12-. The highest BCUT2D eigenvalue weighted by Crippen LogP contribution is 2.29. The molecule has 2 rings (SSSR count). The van der Waals surface area contributed by atoms with E-state index < -0.39 is 10.8 Å². The topological polar surface area (TPSA) is 127 Å². The maximum atomic E-state index is 12.2. The molecule has 2 aromatic carbocycles. The minimum Gasteiger partial charge on any atom is -0.497 e. The van der Waals surface area contributed by atoms with Crippen molar-refractivity contribution in [2.45, 2.75) is 6.54 Å². The Morgan fingerprint density at radius 1 is 1.21 bits per heavy atom. The summed E-state index contributed by atoms with van der Waals surface area (Å²) in [5, 5.41) is 25.5. The molecule has 0 aromatic heterocycles. The number of nitrogens with one attached hydrogen (secondary N) is 2. The number of ether oxygens (including phenoxy) is 2. The number of carbonyl (C=O) groups is 1. The van der Waals surface area contributed by atoms with Crippen LogP contribution in [0.5, 0.6) is 11.5 Å². The van der Waals surface area contributed by atoms with E-state index in [1.165, 1.54) is 31.5 Å². The monoisotopic (exact) mass is 382 g/mol. The predicted octanol–water partition coefficient (Wildman–Crippen LogP) is 2.75. The highest BCUT2D eigenvalue weighted by Gasteiger charge is 2.13. The minimum absolute atomic E-state index is 0.154. The van der Waals surface area contributed by atoms with Gasteiger partial charge in [0, 0.05) is 24.9 Å². The number of carbonyl (C=O) groups excluding carboxylic acids is 1. The van der Waals surface area contributed by atoms with Gasteiger partial charge in [-0.05, 0) is 23.8 Å². The zero-order valence-electron chi connectivity index (χ0n) is 15.3. The molecule has 0 radical (unpaired) electrons. The summed E-state index contributed by atoms with van der Waals surface area (Å²) in [5.41, 5.74) is 0.744. The van der Waals surface area contributed by atoms with Crippen LogP contribution in [-0.2, 0) is 11.3 Å². The van der Waals surface area contributed by atoms with Crippen molar-refractivity contribution in [1.29, 1.82) is 5.26 Å². The summed E-state index contributed by atoms with van der Waals surface area (Å²) in [6, 6.07) is 12.9. The first kappa shape index (κ1) is 20.3. The van der Waals surface area contributed by atoms with Crippen molar-refractivity contribution in [3.8, 4) is 17.6 Å². The van der Waals surface area contributed by atoms with Gasteiger partial charge in [0.1, 0.15) is 23.1 Å². The largest absolute Gasteiger partial charge is 0.497 e. The Morgan fingerprint density at radius 2 is 1.93 bits per heavy atom. The van der Waals surface area contributed by atoms with E-state index in [4.69, 9.17) is 9.47 Å². The van der Waals surface area contributed by atoms with Crippen LogP contribution in [0.3, 0.4) is 0 Å². The molecule has 0 spiro atoms. The van der Waals surface area contributed by atoms with E-state index in [0.29, 0.717) is 11.5 Å². The number of anilines is 1. The van der Waals surface area contributed by atoms with Crippen LogP contribution in [0.4, 0.5) is 11.4 Å². The van der Waals surface area contributed by atoms with Crippen LogP contribution in [0.15, 0.2) is 54.2 Å². The molecule has 0 unspecified atom stereocenters. The molecule has 0 fully saturated rings. The number of hydrogen-bond donors (Lipinski definition) is 2. The maximum Gasteiger partial charge on any atom is 0.271 e. The van der Waals surface area contributed by atoms with Gasteiger partial charge < -0.3 is 20.1 Å². The molecular weight excluding hydrogens is 364 g/mol. The van der Waals surface area contributed by atoms with Crippen molar-refractivity contribution in [3.05, 3.63) is 69.9 Å². The van der Waals surface area contributed by atoms with Crippen molar-refractivity contribution in [3.63, 3.8) is 0 Å². The van der Waals surface area contributed by atoms with Crippen LogP contribution in [0.1, 0.15) is 5.56 Å². The van der Waals surface area contributed by atoms with Gasteiger partial charge in [-0.1, -0.05) is 12.1 Å². The number of nitrogens with zero attached hydrogens (tertiary/aromatic N) is 2. The van der Waals surface area contributed by atoms with Crippen LogP contribution in [-0.4, -0.2) is 25.1 Å². The molecule has 0 aliphatic heterocycles. The molecule has 144 valence electrons. The van der Waals surface area contributed by atoms with E-state index in [-0.39, 0.29) is 23.5 Å². The zero-order valence-corrected chi connectivity index (χ0v) is 15.3. The number of methoxy groups -OCH3 is 2. The average molecular weight is 382 g/mol. The van der Waals surface area contributed by atoms with Gasteiger partial charge in [0.2, 0.25) is 0 Å². The lowest BCUT2D eigenvalue weighted by atomic mass is 10.2. The van der Waals surface area contributed by atoms with Crippen LogP contribution < -0.4 is 20.1 Å². The van der Waals surface area contributed by atoms with Crippen LogP contribution >= 0.6 is 0 Å². The van der Waals surface area contributed by atoms with Crippen LogP contribution in [0.25, 0.3) is 0 Å².